The quantitative estimate of drug-likeness (QED) is 0.653. The third-order valence-electron chi connectivity index (χ3n) is 2.14. The number of rotatable bonds is 6. The first-order valence-corrected chi connectivity index (χ1v) is 5.44. The molecule has 0 saturated heterocycles. The van der Waals surface area contributed by atoms with Crippen molar-refractivity contribution in [2.45, 2.75) is 12.8 Å². The number of phenolic OH excluding ortho intramolecular Hbond substituents is 1. The van der Waals surface area contributed by atoms with Crippen LogP contribution in [0.4, 0.5) is 0 Å². The molecule has 5 heteroatoms. The number of phenols is 1. The monoisotopic (exact) mass is 242 g/mol. The van der Waals surface area contributed by atoms with Crippen molar-refractivity contribution < 1.29 is 9.90 Å². The van der Waals surface area contributed by atoms with E-state index in [1.807, 2.05) is 0 Å². The van der Waals surface area contributed by atoms with Crippen LogP contribution in [-0.4, -0.2) is 24.1 Å². The highest BCUT2D eigenvalue weighted by Gasteiger charge is 2.01. The second-order valence-corrected chi connectivity index (χ2v) is 3.96. The van der Waals surface area contributed by atoms with Crippen molar-refractivity contribution in [2.24, 2.45) is 5.73 Å². The minimum atomic E-state index is -0.370. The van der Waals surface area contributed by atoms with E-state index in [9.17, 15) is 9.90 Å². The topological polar surface area (TPSA) is 75.4 Å². The lowest BCUT2D eigenvalue weighted by molar-refractivity contribution is -0.117. The van der Waals surface area contributed by atoms with Crippen LogP contribution in [0.5, 0.6) is 5.75 Å². The molecule has 88 valence electrons. The molecule has 0 heterocycles. The fraction of sp³-hybridized carbons (Fsp3) is 0.364. The van der Waals surface area contributed by atoms with E-state index >= 15 is 0 Å². The molecule has 1 aromatic carbocycles. The molecule has 0 aliphatic rings. The van der Waals surface area contributed by atoms with E-state index in [-0.39, 0.29) is 18.2 Å². The highest BCUT2D eigenvalue weighted by atomic mass is 35.5. The van der Waals surface area contributed by atoms with Crippen LogP contribution in [0.25, 0.3) is 0 Å². The number of amides is 1. The fourth-order valence-corrected chi connectivity index (χ4v) is 1.56. The van der Waals surface area contributed by atoms with E-state index in [1.54, 1.807) is 18.2 Å². The Kier molecular flexibility index (Phi) is 5.08. The molecule has 1 aromatic rings. The molecule has 4 N–H and O–H groups in total. The van der Waals surface area contributed by atoms with Crippen molar-refractivity contribution >= 4 is 17.5 Å². The first-order valence-electron chi connectivity index (χ1n) is 5.06. The first kappa shape index (κ1) is 12.8. The van der Waals surface area contributed by atoms with Gasteiger partial charge in [-0.05, 0) is 43.1 Å². The maximum absolute atomic E-state index is 10.4. The zero-order chi connectivity index (χ0) is 12.0. The molecule has 0 saturated carbocycles. The van der Waals surface area contributed by atoms with Gasteiger partial charge in [0.2, 0.25) is 5.91 Å². The summed E-state index contributed by atoms with van der Waals surface area (Å²) in [6.07, 6.45) is 1.51. The van der Waals surface area contributed by atoms with Crippen LogP contribution in [-0.2, 0) is 11.2 Å². The number of carbonyl (C=O) groups excluding carboxylic acids is 1. The van der Waals surface area contributed by atoms with Gasteiger partial charge in [0.15, 0.2) is 0 Å². The molecule has 0 aliphatic carbocycles. The highest BCUT2D eigenvalue weighted by molar-refractivity contribution is 6.30. The third-order valence-corrected chi connectivity index (χ3v) is 2.38. The first-order chi connectivity index (χ1) is 7.59. The number of aromatic hydroxyl groups is 1. The Morgan fingerprint density at radius 2 is 2.25 bits per heavy atom. The van der Waals surface area contributed by atoms with Gasteiger partial charge < -0.3 is 16.2 Å². The predicted octanol–water partition coefficient (Wildman–Crippen LogP) is 1.05. The Hall–Kier alpha value is -1.26. The summed E-state index contributed by atoms with van der Waals surface area (Å²) in [4.78, 5) is 10.4. The third kappa shape index (κ3) is 4.51. The van der Waals surface area contributed by atoms with Crippen molar-refractivity contribution in [3.05, 3.63) is 28.8 Å². The number of hydrogen-bond donors (Lipinski definition) is 3. The van der Waals surface area contributed by atoms with Crippen molar-refractivity contribution in [1.29, 1.82) is 0 Å². The molecule has 0 bridgehead atoms. The summed E-state index contributed by atoms with van der Waals surface area (Å²) in [6.45, 7) is 0.858. The summed E-state index contributed by atoms with van der Waals surface area (Å²) in [6, 6.07) is 4.96. The van der Waals surface area contributed by atoms with Gasteiger partial charge in [-0.15, -0.1) is 0 Å². The summed E-state index contributed by atoms with van der Waals surface area (Å²) in [5.41, 5.74) is 5.78. The van der Waals surface area contributed by atoms with Gasteiger partial charge in [0, 0.05) is 5.02 Å². The number of primary amides is 1. The van der Waals surface area contributed by atoms with Crippen molar-refractivity contribution in [2.75, 3.05) is 13.1 Å². The van der Waals surface area contributed by atoms with Gasteiger partial charge in [0.25, 0.3) is 0 Å². The van der Waals surface area contributed by atoms with Crippen LogP contribution < -0.4 is 11.1 Å². The van der Waals surface area contributed by atoms with Crippen LogP contribution >= 0.6 is 11.6 Å². The lowest BCUT2D eigenvalue weighted by atomic mass is 10.1. The minimum absolute atomic E-state index is 0.182. The molecular formula is C11H15ClN2O2. The average Bonchev–Trinajstić information content (AvgIpc) is 2.22. The zero-order valence-corrected chi connectivity index (χ0v) is 9.63. The standard InChI is InChI=1S/C11H15ClN2O2/c12-9-3-4-10(15)8(6-9)2-1-5-14-7-11(13)16/h3-4,6,14-15H,1-2,5,7H2,(H2,13,16). The van der Waals surface area contributed by atoms with Crippen molar-refractivity contribution in [1.82, 2.24) is 5.32 Å². The van der Waals surface area contributed by atoms with E-state index in [2.05, 4.69) is 5.32 Å². The summed E-state index contributed by atoms with van der Waals surface area (Å²) in [5.74, 6) is -0.120. The number of aryl methyl sites for hydroxylation is 1. The average molecular weight is 243 g/mol. The van der Waals surface area contributed by atoms with E-state index in [0.717, 1.165) is 12.0 Å². The Morgan fingerprint density at radius 3 is 2.94 bits per heavy atom. The molecular weight excluding hydrogens is 228 g/mol. The second kappa shape index (κ2) is 6.35. The Bertz CT molecular complexity index is 369. The molecule has 0 atom stereocenters. The Balaban J connectivity index is 2.31. The van der Waals surface area contributed by atoms with E-state index in [1.165, 1.54) is 0 Å². The van der Waals surface area contributed by atoms with Gasteiger partial charge in [-0.1, -0.05) is 11.6 Å². The zero-order valence-electron chi connectivity index (χ0n) is 8.87. The lowest BCUT2D eigenvalue weighted by Gasteiger charge is -2.05. The molecule has 4 nitrogen and oxygen atoms in total. The Morgan fingerprint density at radius 1 is 1.50 bits per heavy atom. The smallest absolute Gasteiger partial charge is 0.231 e. The lowest BCUT2D eigenvalue weighted by Crippen LogP contribution is -2.29. The van der Waals surface area contributed by atoms with E-state index in [0.29, 0.717) is 18.0 Å². The summed E-state index contributed by atoms with van der Waals surface area (Å²) in [7, 11) is 0. The summed E-state index contributed by atoms with van der Waals surface area (Å²) < 4.78 is 0. The number of hydrogen-bond acceptors (Lipinski definition) is 3. The van der Waals surface area contributed by atoms with Crippen LogP contribution in [0.1, 0.15) is 12.0 Å². The molecule has 0 aromatic heterocycles. The molecule has 16 heavy (non-hydrogen) atoms. The van der Waals surface area contributed by atoms with E-state index in [4.69, 9.17) is 17.3 Å². The predicted molar refractivity (Wildman–Crippen MR) is 63.5 cm³/mol. The fourth-order valence-electron chi connectivity index (χ4n) is 1.37. The van der Waals surface area contributed by atoms with Gasteiger partial charge in [-0.25, -0.2) is 0 Å². The molecule has 0 fully saturated rings. The Labute approximate surface area is 99.4 Å². The largest absolute Gasteiger partial charge is 0.508 e. The number of halogens is 1. The van der Waals surface area contributed by atoms with Gasteiger partial charge in [-0.3, -0.25) is 4.79 Å². The highest BCUT2D eigenvalue weighted by Crippen LogP contribution is 2.22. The van der Waals surface area contributed by atoms with Gasteiger partial charge in [0.1, 0.15) is 5.75 Å². The molecule has 1 rings (SSSR count). The number of nitrogens with one attached hydrogen (secondary N) is 1. The molecule has 0 aliphatic heterocycles. The maximum atomic E-state index is 10.4. The molecule has 0 unspecified atom stereocenters. The van der Waals surface area contributed by atoms with Gasteiger partial charge in [-0.2, -0.15) is 0 Å². The molecule has 0 spiro atoms. The summed E-state index contributed by atoms with van der Waals surface area (Å²) >= 11 is 5.81. The minimum Gasteiger partial charge on any atom is -0.508 e. The molecule has 0 radical (unpaired) electrons. The maximum Gasteiger partial charge on any atom is 0.231 e. The second-order valence-electron chi connectivity index (χ2n) is 3.52. The molecule has 1 amide bonds. The summed E-state index contributed by atoms with van der Waals surface area (Å²) in [5, 5.41) is 13.0. The SMILES string of the molecule is NC(=O)CNCCCc1cc(Cl)ccc1O. The number of benzene rings is 1. The van der Waals surface area contributed by atoms with Crippen LogP contribution in [0, 0.1) is 0 Å². The van der Waals surface area contributed by atoms with E-state index < -0.39 is 0 Å². The van der Waals surface area contributed by atoms with Crippen LogP contribution in [0.15, 0.2) is 18.2 Å². The van der Waals surface area contributed by atoms with Gasteiger partial charge >= 0.3 is 0 Å². The van der Waals surface area contributed by atoms with Crippen LogP contribution in [0.3, 0.4) is 0 Å². The van der Waals surface area contributed by atoms with Crippen molar-refractivity contribution in [3.63, 3.8) is 0 Å². The van der Waals surface area contributed by atoms with Crippen LogP contribution in [0.2, 0.25) is 5.02 Å². The normalized spacial score (nSPS) is 10.3. The van der Waals surface area contributed by atoms with Crippen molar-refractivity contribution in [3.8, 4) is 5.75 Å². The van der Waals surface area contributed by atoms with Gasteiger partial charge in [0.05, 0.1) is 6.54 Å². The number of carbonyl (C=O) groups is 1. The number of nitrogens with two attached hydrogens (primary N) is 1.